The lowest BCUT2D eigenvalue weighted by Gasteiger charge is -2.46. The topological polar surface area (TPSA) is 440 Å². The second-order valence-corrected chi connectivity index (χ2v) is 25.2. The Hall–Kier alpha value is -7.92. The van der Waals surface area contributed by atoms with Gasteiger partial charge in [-0.1, -0.05) is 84.9 Å². The number of aliphatic hydroxyl groups is 6. The van der Waals surface area contributed by atoms with Gasteiger partial charge >= 0.3 is 11.9 Å². The van der Waals surface area contributed by atoms with Gasteiger partial charge in [0.1, 0.15) is 24.4 Å². The number of nitrogens with zero attached hydrogens (tertiary/aromatic N) is 1. The molecule has 12 atom stereocenters. The summed E-state index contributed by atoms with van der Waals surface area (Å²) >= 11 is 2.73. The highest BCUT2D eigenvalue weighted by Gasteiger charge is 2.58. The first-order chi connectivity index (χ1) is 45.9. The fourth-order valence-corrected chi connectivity index (χ4v) is 12.4. The number of hydrogen-bond acceptors (Lipinski definition) is 23. The molecule has 2 unspecified atom stereocenters. The largest absolute Gasteiger partial charge is 0.477 e. The lowest BCUT2D eigenvalue weighted by Crippen LogP contribution is -2.68. The van der Waals surface area contributed by atoms with Crippen molar-refractivity contribution >= 4 is 82.3 Å². The van der Waals surface area contributed by atoms with E-state index in [0.717, 1.165) is 41.1 Å². The van der Waals surface area contributed by atoms with Gasteiger partial charge in [0.15, 0.2) is 0 Å². The lowest BCUT2D eigenvalue weighted by molar-refractivity contribution is -0.312. The number of amides is 6. The van der Waals surface area contributed by atoms with Crippen LogP contribution in [0.15, 0.2) is 133 Å². The number of nitrogens with one attached hydrogen (secondary N) is 5. The number of carbonyl (C=O) groups is 8. The summed E-state index contributed by atoms with van der Waals surface area (Å²) in [6.45, 7) is 0.883. The molecule has 0 spiro atoms. The number of rotatable bonds is 34. The van der Waals surface area contributed by atoms with Gasteiger partial charge in [-0.3, -0.25) is 28.8 Å². The molecular formula is C66H82N8O20S2. The first-order valence-electron chi connectivity index (χ1n) is 30.9. The number of aliphatic hydroxyl groups excluding tert-OH is 6. The number of anilines is 2. The van der Waals surface area contributed by atoms with Crippen LogP contribution in [0, 0.1) is 0 Å². The molecule has 6 amide bonds. The summed E-state index contributed by atoms with van der Waals surface area (Å²) < 4.78 is 23.4. The lowest BCUT2D eigenvalue weighted by atomic mass is 9.88. The van der Waals surface area contributed by atoms with Crippen LogP contribution in [0.1, 0.15) is 73.1 Å². The molecule has 518 valence electrons. The molecule has 0 bridgehead atoms. The van der Waals surface area contributed by atoms with Gasteiger partial charge in [0.2, 0.25) is 23.6 Å². The maximum absolute atomic E-state index is 13.2. The van der Waals surface area contributed by atoms with E-state index < -0.39 is 140 Å². The number of ether oxygens (including phenoxy) is 4. The third kappa shape index (κ3) is 21.0. The van der Waals surface area contributed by atoms with Crippen molar-refractivity contribution < 1.29 is 97.9 Å². The number of thioether (sulfide) groups is 2. The molecule has 2 aliphatic rings. The van der Waals surface area contributed by atoms with Gasteiger partial charge in [-0.15, -0.1) is 0 Å². The molecule has 16 N–H and O–H groups in total. The Kier molecular flexibility index (Phi) is 28.6. The average molecular weight is 1370 g/mol. The molecule has 96 heavy (non-hydrogen) atoms. The van der Waals surface area contributed by atoms with Crippen molar-refractivity contribution in [1.29, 1.82) is 0 Å². The monoisotopic (exact) mass is 1370 g/mol. The number of nitrogens with two attached hydrogens (primary N) is 2. The number of carboxylic acid groups (broad SMARTS) is 1. The molecule has 5 aromatic rings. The van der Waals surface area contributed by atoms with Crippen molar-refractivity contribution in [3.63, 3.8) is 0 Å². The average Bonchev–Trinajstić information content (AvgIpc) is 0.774. The van der Waals surface area contributed by atoms with Crippen molar-refractivity contribution in [2.24, 2.45) is 11.7 Å². The molecule has 5 aromatic carbocycles. The molecule has 28 nitrogen and oxygen atoms in total. The third-order valence-corrected chi connectivity index (χ3v) is 17.9. The molecule has 0 aliphatic carbocycles. The quantitative estimate of drug-likeness (QED) is 0.0121. The summed E-state index contributed by atoms with van der Waals surface area (Å²) in [5, 5.41) is 91.3. The van der Waals surface area contributed by atoms with Crippen LogP contribution < -0.4 is 43.3 Å². The summed E-state index contributed by atoms with van der Waals surface area (Å²) in [5.74, 6) is 1.90. The standard InChI is InChI=1S/C66H82N8O20S2/c1-39(75)71-55-49(77)35-65(63(87)88,92-59(55)57(83)51(79)37-69-61(85)45-19-15-43(16-20-45)41-11-5-3-6-12-41)90-29-9-31-95-33-27-53(81)73-47-23-25-48(26-24-47)74(67)54(82)28-34-96-32-10-30-91-66(64(89)94-68)36-50(78)56(72-40(2)76)60(93-66)58(84)52(80)38-70-62(86)46-21-17-44(18-22-46)42-13-7-4-8-14-42/h3-8,11-26,49-52,55-60,77-80,83-84H,9-10,27-38,67-68H2,1-2H3,(H,69,85)(H,70,86)(H,71,75)(H,72,76)(H,73,81)(H,87,88)/t49-,50-,51+,52+,55+,56+,57+,58+,59?,60?,65+,66+/m0/s1. The van der Waals surface area contributed by atoms with E-state index in [1.165, 1.54) is 23.5 Å². The van der Waals surface area contributed by atoms with E-state index in [-0.39, 0.29) is 55.9 Å². The number of benzene rings is 5. The molecule has 2 heterocycles. The van der Waals surface area contributed by atoms with Crippen LogP contribution in [0.2, 0.25) is 0 Å². The van der Waals surface area contributed by atoms with Crippen LogP contribution in [-0.4, -0.2) is 205 Å². The minimum atomic E-state index is -2.50. The fourth-order valence-electron chi connectivity index (χ4n) is 10.7. The molecule has 30 heteroatoms. The Morgan fingerprint density at radius 1 is 0.583 bits per heavy atom. The van der Waals surface area contributed by atoms with Crippen LogP contribution in [0.25, 0.3) is 22.3 Å². The summed E-state index contributed by atoms with van der Waals surface area (Å²) in [6.07, 6.45) is -14.6. The summed E-state index contributed by atoms with van der Waals surface area (Å²) in [4.78, 5) is 107. The second kappa shape index (κ2) is 36.4. The highest BCUT2D eigenvalue weighted by atomic mass is 32.2. The maximum atomic E-state index is 13.2. The van der Waals surface area contributed by atoms with Crippen molar-refractivity contribution in [3.8, 4) is 22.3 Å². The number of aliphatic carboxylic acids is 1. The highest BCUT2D eigenvalue weighted by molar-refractivity contribution is 7.99. The van der Waals surface area contributed by atoms with Crippen molar-refractivity contribution in [3.05, 3.63) is 145 Å². The molecular weight excluding hydrogens is 1290 g/mol. The van der Waals surface area contributed by atoms with Gasteiger partial charge in [-0.25, -0.2) is 20.4 Å². The van der Waals surface area contributed by atoms with Crippen LogP contribution in [0.5, 0.6) is 0 Å². The maximum Gasteiger partial charge on any atom is 0.385 e. The Labute approximate surface area is 562 Å². The van der Waals surface area contributed by atoms with Crippen LogP contribution >= 0.6 is 23.5 Å². The second-order valence-electron chi connectivity index (χ2n) is 22.8. The van der Waals surface area contributed by atoms with Crippen molar-refractivity contribution in [2.45, 2.75) is 125 Å². The van der Waals surface area contributed by atoms with Gasteiger partial charge in [0, 0.05) is 80.9 Å². The zero-order valence-electron chi connectivity index (χ0n) is 52.7. The van der Waals surface area contributed by atoms with E-state index in [9.17, 15) is 74.1 Å². The van der Waals surface area contributed by atoms with Crippen LogP contribution in [-0.2, 0) is 52.6 Å². The van der Waals surface area contributed by atoms with Gasteiger partial charge < -0.3 is 86.1 Å². The first kappa shape index (κ1) is 75.5. The predicted octanol–water partition coefficient (Wildman–Crippen LogP) is 1.73. The minimum Gasteiger partial charge on any atom is -0.477 e. The molecule has 0 saturated carbocycles. The van der Waals surface area contributed by atoms with Crippen LogP contribution in [0.4, 0.5) is 11.4 Å². The Balaban J connectivity index is 0.791. The number of hydrazine groups is 1. The van der Waals surface area contributed by atoms with E-state index in [1.54, 1.807) is 72.8 Å². The Bertz CT molecular complexity index is 3390. The number of hydrogen-bond donors (Lipinski definition) is 14. The summed E-state index contributed by atoms with van der Waals surface area (Å²) in [6, 6.07) is 35.9. The Morgan fingerprint density at radius 3 is 1.44 bits per heavy atom. The summed E-state index contributed by atoms with van der Waals surface area (Å²) in [7, 11) is 0. The van der Waals surface area contributed by atoms with E-state index in [4.69, 9.17) is 30.7 Å². The zero-order chi connectivity index (χ0) is 69.5. The van der Waals surface area contributed by atoms with Gasteiger partial charge in [-0.2, -0.15) is 29.4 Å². The third-order valence-electron chi connectivity index (χ3n) is 15.7. The number of carboxylic acids is 1. The highest BCUT2D eigenvalue weighted by Crippen LogP contribution is 2.36. The molecule has 0 aromatic heterocycles. The number of carbonyl (C=O) groups excluding carboxylic acids is 7. The van der Waals surface area contributed by atoms with E-state index in [0.29, 0.717) is 34.4 Å². The molecule has 0 radical (unpaired) electrons. The zero-order valence-corrected chi connectivity index (χ0v) is 54.4. The summed E-state index contributed by atoms with van der Waals surface area (Å²) in [5.41, 5.74) is 4.92. The van der Waals surface area contributed by atoms with E-state index in [2.05, 4.69) is 31.4 Å². The molecule has 2 fully saturated rings. The SMILES string of the molecule is CC(=O)N[C@H]1C([C@H](O)[C@H](O)CNC(=O)c2ccc(-c3ccccc3)cc2)O[C@@](OCCCSCCC(=O)Nc2ccc(N(N)C(=O)CCSCCCO[C@]3(C(=O)ON)C[C@H](O)[C@@H](NC(C)=O)C([C@H](O)[C@H](O)CNC(=O)c4ccc(-c5ccccc5)cc4)O3)cc2)(C(=O)O)C[C@@H]1O. The van der Waals surface area contributed by atoms with Crippen LogP contribution in [0.3, 0.4) is 0 Å². The van der Waals surface area contributed by atoms with Gasteiger partial charge in [-0.05, 0) is 95.1 Å². The smallest absolute Gasteiger partial charge is 0.385 e. The van der Waals surface area contributed by atoms with E-state index >= 15 is 0 Å². The minimum absolute atomic E-state index is 0.0144. The van der Waals surface area contributed by atoms with Crippen molar-refractivity contribution in [1.82, 2.24) is 21.3 Å². The normalized spacial score (nSPS) is 22.0. The molecule has 7 rings (SSSR count). The van der Waals surface area contributed by atoms with Gasteiger partial charge in [0.25, 0.3) is 23.4 Å². The predicted molar refractivity (Wildman–Crippen MR) is 354 cm³/mol. The first-order valence-corrected chi connectivity index (χ1v) is 33.2. The van der Waals surface area contributed by atoms with E-state index in [1.807, 2.05) is 60.7 Å². The Morgan fingerprint density at radius 2 is 1.00 bits per heavy atom. The molecule has 2 saturated heterocycles. The van der Waals surface area contributed by atoms with Gasteiger partial charge in [0.05, 0.1) is 55.4 Å². The molecule has 2 aliphatic heterocycles. The van der Waals surface area contributed by atoms with Crippen molar-refractivity contribution in [2.75, 3.05) is 59.6 Å². The fraction of sp³-hybridized carbons (Fsp3) is 0.424.